The predicted octanol–water partition coefficient (Wildman–Crippen LogP) is 3.53. The van der Waals surface area contributed by atoms with E-state index < -0.39 is 0 Å². The number of carbonyl (C=O) groups is 1. The molecular weight excluding hydrogens is 242 g/mol. The van der Waals surface area contributed by atoms with E-state index in [-0.39, 0.29) is 5.78 Å². The van der Waals surface area contributed by atoms with Crippen molar-refractivity contribution in [2.24, 2.45) is 0 Å². The fourth-order valence-corrected chi connectivity index (χ4v) is 2.71. The van der Waals surface area contributed by atoms with Crippen LogP contribution in [0, 0.1) is 0 Å². The lowest BCUT2D eigenvalue weighted by atomic mass is 10.2. The molecule has 1 aromatic heterocycles. The number of carbonyl (C=O) groups excluding carboxylic acids is 1. The fourth-order valence-electron chi connectivity index (χ4n) is 1.72. The predicted molar refractivity (Wildman–Crippen MR) is 77.3 cm³/mol. The number of Topliss-reactive ketones (excluding diaryl/α,β-unsaturated/α-hetero) is 1. The van der Waals surface area contributed by atoms with Gasteiger partial charge in [-0.1, -0.05) is 25.1 Å². The molecule has 0 amide bonds. The van der Waals surface area contributed by atoms with Gasteiger partial charge in [-0.15, -0.1) is 11.3 Å². The zero-order chi connectivity index (χ0) is 12.8. The molecule has 0 saturated carbocycles. The Morgan fingerprint density at radius 1 is 1.11 bits per heavy atom. The lowest BCUT2D eigenvalue weighted by Gasteiger charge is -2.04. The van der Waals surface area contributed by atoms with E-state index in [1.54, 1.807) is 11.3 Å². The molecule has 1 aromatic carbocycles. The third kappa shape index (κ3) is 3.70. The van der Waals surface area contributed by atoms with Crippen molar-refractivity contribution in [3.8, 4) is 0 Å². The van der Waals surface area contributed by atoms with Gasteiger partial charge in [0, 0.05) is 21.9 Å². The molecule has 0 aliphatic carbocycles. The highest BCUT2D eigenvalue weighted by molar-refractivity contribution is 7.12. The fraction of sp³-hybridized carbons (Fsp3) is 0.267. The van der Waals surface area contributed by atoms with Gasteiger partial charge >= 0.3 is 0 Å². The first-order valence-electron chi connectivity index (χ1n) is 6.16. The largest absolute Gasteiger partial charge is 0.378 e. The van der Waals surface area contributed by atoms with Gasteiger partial charge in [0.05, 0.1) is 6.54 Å². The van der Waals surface area contributed by atoms with Crippen molar-refractivity contribution in [2.45, 2.75) is 19.8 Å². The minimum absolute atomic E-state index is 0.225. The van der Waals surface area contributed by atoms with E-state index in [1.807, 2.05) is 30.3 Å². The molecule has 2 nitrogen and oxygen atoms in total. The number of thiophene rings is 1. The summed E-state index contributed by atoms with van der Waals surface area (Å²) in [5.74, 6) is 0.225. The van der Waals surface area contributed by atoms with Gasteiger partial charge in [0.15, 0.2) is 5.78 Å². The number of ketones is 1. The Balaban J connectivity index is 1.82. The topological polar surface area (TPSA) is 29.1 Å². The molecule has 0 aliphatic rings. The van der Waals surface area contributed by atoms with Crippen molar-refractivity contribution in [1.82, 2.24) is 0 Å². The van der Waals surface area contributed by atoms with Crippen LogP contribution in [0.15, 0.2) is 42.5 Å². The maximum absolute atomic E-state index is 11.8. The van der Waals surface area contributed by atoms with Crippen molar-refractivity contribution in [2.75, 3.05) is 11.9 Å². The second kappa shape index (κ2) is 6.36. The Bertz CT molecular complexity index is 504. The van der Waals surface area contributed by atoms with Crippen molar-refractivity contribution in [3.05, 3.63) is 52.2 Å². The SMILES string of the molecule is CCc1ccc(CC(=O)CNc2ccccc2)s1. The number of rotatable bonds is 6. The molecule has 0 aliphatic heterocycles. The molecule has 0 unspecified atom stereocenters. The summed E-state index contributed by atoms with van der Waals surface area (Å²) in [5, 5.41) is 3.14. The van der Waals surface area contributed by atoms with Crippen molar-refractivity contribution in [3.63, 3.8) is 0 Å². The Morgan fingerprint density at radius 3 is 2.50 bits per heavy atom. The Morgan fingerprint density at radius 2 is 1.83 bits per heavy atom. The standard InChI is InChI=1S/C15H17NOS/c1-2-14-8-9-15(18-14)10-13(17)11-16-12-6-4-3-5-7-12/h3-9,16H,2,10-11H2,1H3. The maximum atomic E-state index is 11.8. The summed E-state index contributed by atoms with van der Waals surface area (Å²) in [6, 6.07) is 14.0. The van der Waals surface area contributed by atoms with Crippen LogP contribution in [0.25, 0.3) is 0 Å². The summed E-state index contributed by atoms with van der Waals surface area (Å²) < 4.78 is 0. The van der Waals surface area contributed by atoms with E-state index in [0.29, 0.717) is 13.0 Å². The summed E-state index contributed by atoms with van der Waals surface area (Å²) in [6.07, 6.45) is 1.58. The minimum atomic E-state index is 0.225. The summed E-state index contributed by atoms with van der Waals surface area (Å²) in [6.45, 7) is 2.53. The first-order chi connectivity index (χ1) is 8.78. The van der Waals surface area contributed by atoms with Crippen molar-refractivity contribution < 1.29 is 4.79 Å². The van der Waals surface area contributed by atoms with Crippen LogP contribution in [0.4, 0.5) is 5.69 Å². The van der Waals surface area contributed by atoms with Crippen LogP contribution >= 0.6 is 11.3 Å². The molecule has 3 heteroatoms. The van der Waals surface area contributed by atoms with Crippen LogP contribution in [0.1, 0.15) is 16.7 Å². The van der Waals surface area contributed by atoms with Gasteiger partial charge in [0.25, 0.3) is 0 Å². The summed E-state index contributed by atoms with van der Waals surface area (Å²) in [5.41, 5.74) is 0.992. The smallest absolute Gasteiger partial charge is 0.157 e. The van der Waals surface area contributed by atoms with Crippen molar-refractivity contribution >= 4 is 22.8 Å². The molecule has 0 radical (unpaired) electrons. The lowest BCUT2D eigenvalue weighted by Crippen LogP contribution is -2.15. The van der Waals surface area contributed by atoms with Crippen LogP contribution < -0.4 is 5.32 Å². The van der Waals surface area contributed by atoms with Gasteiger partial charge in [-0.05, 0) is 30.7 Å². The number of aryl methyl sites for hydroxylation is 1. The van der Waals surface area contributed by atoms with Crippen LogP contribution in [0.3, 0.4) is 0 Å². The molecule has 2 rings (SSSR count). The monoisotopic (exact) mass is 259 g/mol. The number of nitrogens with one attached hydrogen (secondary N) is 1. The quantitative estimate of drug-likeness (QED) is 0.859. The lowest BCUT2D eigenvalue weighted by molar-refractivity contribution is -0.116. The van der Waals surface area contributed by atoms with Crippen molar-refractivity contribution in [1.29, 1.82) is 0 Å². The highest BCUT2D eigenvalue weighted by Gasteiger charge is 2.06. The van der Waals surface area contributed by atoms with Crippen LogP contribution in [0.5, 0.6) is 0 Å². The van der Waals surface area contributed by atoms with Crippen LogP contribution in [-0.4, -0.2) is 12.3 Å². The van der Waals surface area contributed by atoms with Gasteiger partial charge in [-0.2, -0.15) is 0 Å². The van der Waals surface area contributed by atoms with Gasteiger partial charge in [-0.3, -0.25) is 4.79 Å². The average Bonchev–Trinajstić information content (AvgIpc) is 2.85. The van der Waals surface area contributed by atoms with E-state index in [9.17, 15) is 4.79 Å². The number of benzene rings is 1. The molecule has 1 heterocycles. The molecule has 0 spiro atoms. The third-order valence-electron chi connectivity index (χ3n) is 2.70. The minimum Gasteiger partial charge on any atom is -0.378 e. The normalized spacial score (nSPS) is 10.3. The highest BCUT2D eigenvalue weighted by atomic mass is 32.1. The van der Waals surface area contributed by atoms with Crippen LogP contribution in [-0.2, 0) is 17.6 Å². The summed E-state index contributed by atoms with van der Waals surface area (Å²) in [4.78, 5) is 14.3. The Kier molecular flexibility index (Phi) is 4.53. The van der Waals surface area contributed by atoms with Gasteiger partial charge < -0.3 is 5.32 Å². The number of anilines is 1. The summed E-state index contributed by atoms with van der Waals surface area (Å²) in [7, 11) is 0. The molecule has 94 valence electrons. The zero-order valence-electron chi connectivity index (χ0n) is 10.5. The summed E-state index contributed by atoms with van der Waals surface area (Å²) >= 11 is 1.73. The zero-order valence-corrected chi connectivity index (χ0v) is 11.3. The molecule has 2 aromatic rings. The first-order valence-corrected chi connectivity index (χ1v) is 6.98. The molecule has 0 bridgehead atoms. The second-order valence-electron chi connectivity index (χ2n) is 4.16. The van der Waals surface area contributed by atoms with Gasteiger partial charge in [0.1, 0.15) is 0 Å². The van der Waals surface area contributed by atoms with Gasteiger partial charge in [0.2, 0.25) is 0 Å². The van der Waals surface area contributed by atoms with E-state index >= 15 is 0 Å². The number of hydrogen-bond acceptors (Lipinski definition) is 3. The van der Waals surface area contributed by atoms with E-state index in [2.05, 4.69) is 24.4 Å². The molecule has 1 N–H and O–H groups in total. The van der Waals surface area contributed by atoms with E-state index in [4.69, 9.17) is 0 Å². The number of hydrogen-bond donors (Lipinski definition) is 1. The molecule has 0 saturated heterocycles. The van der Waals surface area contributed by atoms with E-state index in [0.717, 1.165) is 17.0 Å². The number of para-hydroxylation sites is 1. The second-order valence-corrected chi connectivity index (χ2v) is 5.41. The average molecular weight is 259 g/mol. The first kappa shape index (κ1) is 12.8. The maximum Gasteiger partial charge on any atom is 0.157 e. The highest BCUT2D eigenvalue weighted by Crippen LogP contribution is 2.17. The molecule has 0 atom stereocenters. The van der Waals surface area contributed by atoms with E-state index in [1.165, 1.54) is 4.88 Å². The van der Waals surface area contributed by atoms with Gasteiger partial charge in [-0.25, -0.2) is 0 Å². The Hall–Kier alpha value is -1.61. The Labute approximate surface area is 112 Å². The van der Waals surface area contributed by atoms with Crippen LogP contribution in [0.2, 0.25) is 0 Å². The molecular formula is C15H17NOS. The molecule has 0 fully saturated rings. The molecule has 18 heavy (non-hydrogen) atoms. The third-order valence-corrected chi connectivity index (χ3v) is 3.93.